The number of imide groups is 1. The summed E-state index contributed by atoms with van der Waals surface area (Å²) >= 11 is 0. The van der Waals surface area contributed by atoms with Crippen molar-refractivity contribution >= 4 is 23.5 Å². The largest absolute Gasteiger partial charge is 0.459 e. The number of allylic oxidation sites excluding steroid dienone is 2. The molecule has 2 fully saturated rings. The first-order chi connectivity index (χ1) is 12.5. The monoisotopic (exact) mass is 356 g/mol. The quantitative estimate of drug-likeness (QED) is 0.260. The number of ether oxygens (including phenoxy) is 1. The van der Waals surface area contributed by atoms with E-state index in [0.717, 1.165) is 11.3 Å². The maximum atomic E-state index is 12.5. The lowest BCUT2D eigenvalue weighted by Crippen LogP contribution is -2.37. The van der Waals surface area contributed by atoms with Gasteiger partial charge in [-0.05, 0) is 24.3 Å². The Balaban J connectivity index is 1.40. The molecule has 1 saturated heterocycles. The Morgan fingerprint density at radius 2 is 1.77 bits per heavy atom. The van der Waals surface area contributed by atoms with E-state index in [9.17, 15) is 24.5 Å². The maximum absolute atomic E-state index is 12.5. The van der Waals surface area contributed by atoms with Crippen LogP contribution >= 0.6 is 0 Å². The number of likely N-dealkylation sites (tertiary alicyclic amines) is 1. The summed E-state index contributed by atoms with van der Waals surface area (Å²) in [6.45, 7) is -0.739. The van der Waals surface area contributed by atoms with E-state index in [1.165, 1.54) is 18.2 Å². The van der Waals surface area contributed by atoms with Crippen LogP contribution in [0.4, 0.5) is 5.69 Å². The molecule has 8 heteroatoms. The van der Waals surface area contributed by atoms with E-state index in [1.807, 2.05) is 12.2 Å². The zero-order valence-corrected chi connectivity index (χ0v) is 13.7. The highest BCUT2D eigenvalue weighted by molar-refractivity contribution is 6.08. The average molecular weight is 356 g/mol. The van der Waals surface area contributed by atoms with Crippen LogP contribution < -0.4 is 0 Å². The van der Waals surface area contributed by atoms with E-state index in [1.54, 1.807) is 6.07 Å². The minimum absolute atomic E-state index is 0.0782. The molecule has 1 aliphatic heterocycles. The van der Waals surface area contributed by atoms with Crippen LogP contribution in [0.5, 0.6) is 0 Å². The molecule has 2 bridgehead atoms. The van der Waals surface area contributed by atoms with Crippen molar-refractivity contribution in [1.29, 1.82) is 0 Å². The molecule has 8 nitrogen and oxygen atoms in total. The minimum Gasteiger partial charge on any atom is -0.459 e. The van der Waals surface area contributed by atoms with Gasteiger partial charge in [0, 0.05) is 6.07 Å². The van der Waals surface area contributed by atoms with Crippen LogP contribution in [0.3, 0.4) is 0 Å². The number of carbonyl (C=O) groups excluding carboxylic acids is 3. The number of amides is 2. The molecular weight excluding hydrogens is 340 g/mol. The molecule has 2 aliphatic carbocycles. The number of benzene rings is 1. The van der Waals surface area contributed by atoms with Crippen molar-refractivity contribution in [2.45, 2.75) is 13.0 Å². The third-order valence-corrected chi connectivity index (χ3v) is 5.43. The molecule has 1 saturated carbocycles. The van der Waals surface area contributed by atoms with Crippen molar-refractivity contribution in [2.24, 2.45) is 23.7 Å². The lowest BCUT2D eigenvalue weighted by Gasteiger charge is -2.16. The Morgan fingerprint density at radius 1 is 1.15 bits per heavy atom. The van der Waals surface area contributed by atoms with Gasteiger partial charge in [-0.15, -0.1) is 0 Å². The number of para-hydroxylation sites is 1. The van der Waals surface area contributed by atoms with Gasteiger partial charge in [-0.3, -0.25) is 29.4 Å². The molecule has 0 aromatic heterocycles. The average Bonchev–Trinajstić information content (AvgIpc) is 3.30. The highest BCUT2D eigenvalue weighted by atomic mass is 16.6. The summed E-state index contributed by atoms with van der Waals surface area (Å²) in [5.41, 5.74) is 0.106. The van der Waals surface area contributed by atoms with Gasteiger partial charge in [0.15, 0.2) is 0 Å². The third-order valence-electron chi connectivity index (χ3n) is 5.43. The van der Waals surface area contributed by atoms with E-state index in [4.69, 9.17) is 4.74 Å². The minimum atomic E-state index is -0.759. The fourth-order valence-corrected chi connectivity index (χ4v) is 4.26. The van der Waals surface area contributed by atoms with Gasteiger partial charge in [0.2, 0.25) is 11.8 Å². The molecule has 26 heavy (non-hydrogen) atoms. The Hall–Kier alpha value is -3.03. The first-order valence-electron chi connectivity index (χ1n) is 8.39. The molecule has 3 aliphatic rings. The standard InChI is InChI=1S/C18H16N2O6/c21-14(26-9-12-3-1-2-4-13(12)20(24)25)8-19-17(22)15-10-5-6-11(7-10)16(15)18(19)23/h1-6,10-11,15-16H,7-9H2. The van der Waals surface area contributed by atoms with Crippen LogP contribution in [0.25, 0.3) is 0 Å². The molecule has 0 N–H and O–H groups in total. The van der Waals surface area contributed by atoms with Crippen molar-refractivity contribution in [1.82, 2.24) is 4.90 Å². The molecular formula is C18H16N2O6. The molecule has 1 heterocycles. The van der Waals surface area contributed by atoms with Crippen molar-refractivity contribution < 1.29 is 24.0 Å². The van der Waals surface area contributed by atoms with E-state index in [-0.39, 0.29) is 53.3 Å². The molecule has 2 amide bonds. The van der Waals surface area contributed by atoms with Gasteiger partial charge in [-0.25, -0.2) is 0 Å². The number of carbonyl (C=O) groups is 3. The molecule has 0 spiro atoms. The number of hydrogen-bond acceptors (Lipinski definition) is 6. The van der Waals surface area contributed by atoms with Crippen LogP contribution in [0.15, 0.2) is 36.4 Å². The van der Waals surface area contributed by atoms with Crippen molar-refractivity contribution in [2.75, 3.05) is 6.54 Å². The number of nitrogens with zero attached hydrogens (tertiary/aromatic N) is 2. The first-order valence-corrected chi connectivity index (χ1v) is 8.39. The number of rotatable bonds is 5. The number of fused-ring (bicyclic) bond motifs is 5. The number of nitro groups is 1. The van der Waals surface area contributed by atoms with E-state index in [2.05, 4.69) is 0 Å². The molecule has 1 aromatic carbocycles. The molecule has 0 radical (unpaired) electrons. The lowest BCUT2D eigenvalue weighted by atomic mass is 9.85. The van der Waals surface area contributed by atoms with Crippen LogP contribution in [-0.4, -0.2) is 34.2 Å². The van der Waals surface area contributed by atoms with Crippen LogP contribution in [0.2, 0.25) is 0 Å². The lowest BCUT2D eigenvalue weighted by molar-refractivity contribution is -0.385. The second kappa shape index (κ2) is 6.05. The maximum Gasteiger partial charge on any atom is 0.326 e. The smallest absolute Gasteiger partial charge is 0.326 e. The summed E-state index contributed by atoms with van der Waals surface area (Å²) in [5.74, 6) is -1.96. The second-order valence-electron chi connectivity index (χ2n) is 6.81. The Bertz CT molecular complexity index is 818. The Labute approximate surface area is 148 Å². The Kier molecular flexibility index (Phi) is 3.82. The van der Waals surface area contributed by atoms with Gasteiger partial charge in [-0.1, -0.05) is 24.3 Å². The first kappa shape index (κ1) is 16.4. The fourth-order valence-electron chi connectivity index (χ4n) is 4.26. The number of nitro benzene ring substituents is 1. The molecule has 4 atom stereocenters. The predicted octanol–water partition coefficient (Wildman–Crippen LogP) is 1.45. The number of hydrogen-bond donors (Lipinski definition) is 0. The molecule has 1 aromatic rings. The van der Waals surface area contributed by atoms with E-state index < -0.39 is 17.4 Å². The summed E-state index contributed by atoms with van der Waals surface area (Å²) < 4.78 is 5.06. The summed E-state index contributed by atoms with van der Waals surface area (Å²) in [5, 5.41) is 11.0. The van der Waals surface area contributed by atoms with E-state index in [0.29, 0.717) is 0 Å². The topological polar surface area (TPSA) is 107 Å². The summed E-state index contributed by atoms with van der Waals surface area (Å²) in [6.07, 6.45) is 4.78. The molecule has 4 unspecified atom stereocenters. The summed E-state index contributed by atoms with van der Waals surface area (Å²) in [6, 6.07) is 5.94. The third kappa shape index (κ3) is 2.49. The van der Waals surface area contributed by atoms with Crippen LogP contribution in [-0.2, 0) is 25.7 Å². The van der Waals surface area contributed by atoms with Crippen molar-refractivity contribution in [3.8, 4) is 0 Å². The van der Waals surface area contributed by atoms with Gasteiger partial charge < -0.3 is 4.74 Å². The normalized spacial score (nSPS) is 28.5. The summed E-state index contributed by atoms with van der Waals surface area (Å²) in [7, 11) is 0. The van der Waals surface area contributed by atoms with Gasteiger partial charge in [0.05, 0.1) is 22.3 Å². The SMILES string of the molecule is O=C(CN1C(=O)C2C3C=CC(C3)C2C1=O)OCc1ccccc1[N+](=O)[O-]. The van der Waals surface area contributed by atoms with Crippen molar-refractivity contribution in [3.63, 3.8) is 0 Å². The second-order valence-corrected chi connectivity index (χ2v) is 6.81. The zero-order chi connectivity index (χ0) is 18.4. The van der Waals surface area contributed by atoms with E-state index >= 15 is 0 Å². The highest BCUT2D eigenvalue weighted by Crippen LogP contribution is 2.52. The number of esters is 1. The summed E-state index contributed by atoms with van der Waals surface area (Å²) in [4.78, 5) is 48.5. The zero-order valence-electron chi connectivity index (χ0n) is 13.7. The van der Waals surface area contributed by atoms with Gasteiger partial charge in [0.1, 0.15) is 13.2 Å². The van der Waals surface area contributed by atoms with Crippen LogP contribution in [0, 0.1) is 33.8 Å². The van der Waals surface area contributed by atoms with Gasteiger partial charge in [-0.2, -0.15) is 0 Å². The Morgan fingerprint density at radius 3 is 2.38 bits per heavy atom. The van der Waals surface area contributed by atoms with Crippen molar-refractivity contribution in [3.05, 3.63) is 52.1 Å². The van der Waals surface area contributed by atoms with Gasteiger partial charge in [0.25, 0.3) is 5.69 Å². The van der Waals surface area contributed by atoms with Crippen LogP contribution in [0.1, 0.15) is 12.0 Å². The van der Waals surface area contributed by atoms with Gasteiger partial charge >= 0.3 is 5.97 Å². The molecule has 4 rings (SSSR count). The predicted molar refractivity (Wildman–Crippen MR) is 87.3 cm³/mol. The highest BCUT2D eigenvalue weighted by Gasteiger charge is 2.59. The fraction of sp³-hybridized carbons (Fsp3) is 0.389. The molecule has 134 valence electrons.